The SMILES string of the molecule is N#Cc1ccc(OCC(=O)N(Cc2ccc(F)cc2)C2CCCCC2)c(Cl)c1. The standard InChI is InChI=1S/C22H22ClFN2O2/c23-20-12-17(13-25)8-11-21(20)28-15-22(27)26(19-4-2-1-3-5-19)14-16-6-9-18(24)10-7-16/h6-12,19H,1-5,14-15H2. The Bertz CT molecular complexity index is 858. The second-order valence-electron chi connectivity index (χ2n) is 6.99. The van der Waals surface area contributed by atoms with E-state index in [1.54, 1.807) is 24.3 Å². The first-order valence-electron chi connectivity index (χ1n) is 9.43. The Labute approximate surface area is 169 Å². The van der Waals surface area contributed by atoms with Crippen molar-refractivity contribution in [2.24, 2.45) is 0 Å². The van der Waals surface area contributed by atoms with Gasteiger partial charge in [-0.3, -0.25) is 4.79 Å². The summed E-state index contributed by atoms with van der Waals surface area (Å²) in [6, 6.07) is 13.1. The van der Waals surface area contributed by atoms with Crippen LogP contribution in [0.25, 0.3) is 0 Å². The molecule has 1 aliphatic rings. The maximum Gasteiger partial charge on any atom is 0.261 e. The number of nitrogens with zero attached hydrogens (tertiary/aromatic N) is 2. The summed E-state index contributed by atoms with van der Waals surface area (Å²) in [6.45, 7) is 0.289. The molecule has 0 radical (unpaired) electrons. The number of amides is 1. The number of hydrogen-bond donors (Lipinski definition) is 0. The second kappa shape index (κ2) is 9.57. The van der Waals surface area contributed by atoms with E-state index >= 15 is 0 Å². The van der Waals surface area contributed by atoms with Crippen molar-refractivity contribution in [3.05, 3.63) is 64.4 Å². The molecule has 0 N–H and O–H groups in total. The van der Waals surface area contributed by atoms with Crippen LogP contribution in [0.1, 0.15) is 43.2 Å². The molecule has 0 aromatic heterocycles. The Morgan fingerprint density at radius 2 is 1.89 bits per heavy atom. The van der Waals surface area contributed by atoms with E-state index in [9.17, 15) is 9.18 Å². The summed E-state index contributed by atoms with van der Waals surface area (Å²) < 4.78 is 18.8. The molecule has 3 rings (SSSR count). The summed E-state index contributed by atoms with van der Waals surface area (Å²) in [6.07, 6.45) is 5.31. The average molecular weight is 401 g/mol. The monoisotopic (exact) mass is 400 g/mol. The topological polar surface area (TPSA) is 53.3 Å². The molecule has 146 valence electrons. The zero-order chi connectivity index (χ0) is 19.9. The van der Waals surface area contributed by atoms with Gasteiger partial charge in [-0.15, -0.1) is 0 Å². The van der Waals surface area contributed by atoms with Crippen LogP contribution in [0.3, 0.4) is 0 Å². The molecule has 0 heterocycles. The highest BCUT2D eigenvalue weighted by molar-refractivity contribution is 6.32. The third-order valence-electron chi connectivity index (χ3n) is 5.01. The zero-order valence-electron chi connectivity index (χ0n) is 15.5. The lowest BCUT2D eigenvalue weighted by Crippen LogP contribution is -2.43. The van der Waals surface area contributed by atoms with E-state index < -0.39 is 0 Å². The van der Waals surface area contributed by atoms with Gasteiger partial charge in [-0.1, -0.05) is 43.0 Å². The molecule has 4 nitrogen and oxygen atoms in total. The number of carbonyl (C=O) groups is 1. The van der Waals surface area contributed by atoms with Crippen molar-refractivity contribution >= 4 is 17.5 Å². The van der Waals surface area contributed by atoms with Gasteiger partial charge < -0.3 is 9.64 Å². The van der Waals surface area contributed by atoms with Crippen molar-refractivity contribution in [3.63, 3.8) is 0 Å². The minimum Gasteiger partial charge on any atom is -0.482 e. The Morgan fingerprint density at radius 3 is 2.54 bits per heavy atom. The molecular formula is C22H22ClFN2O2. The molecule has 0 spiro atoms. The maximum atomic E-state index is 13.2. The number of hydrogen-bond acceptors (Lipinski definition) is 3. The number of ether oxygens (including phenoxy) is 1. The Morgan fingerprint density at radius 1 is 1.18 bits per heavy atom. The highest BCUT2D eigenvalue weighted by atomic mass is 35.5. The number of carbonyl (C=O) groups excluding carboxylic acids is 1. The quantitative estimate of drug-likeness (QED) is 0.678. The molecular weight excluding hydrogens is 379 g/mol. The first-order valence-corrected chi connectivity index (χ1v) is 9.81. The van der Waals surface area contributed by atoms with Crippen LogP contribution in [-0.2, 0) is 11.3 Å². The van der Waals surface area contributed by atoms with E-state index in [4.69, 9.17) is 21.6 Å². The number of rotatable bonds is 6. The van der Waals surface area contributed by atoms with Crippen LogP contribution in [-0.4, -0.2) is 23.5 Å². The fraction of sp³-hybridized carbons (Fsp3) is 0.364. The Kier molecular flexibility index (Phi) is 6.89. The molecule has 1 saturated carbocycles. The van der Waals surface area contributed by atoms with Gasteiger partial charge in [0.15, 0.2) is 6.61 Å². The van der Waals surface area contributed by atoms with Crippen LogP contribution in [0.4, 0.5) is 4.39 Å². The van der Waals surface area contributed by atoms with Gasteiger partial charge in [0.2, 0.25) is 0 Å². The summed E-state index contributed by atoms with van der Waals surface area (Å²) in [5, 5.41) is 9.21. The molecule has 28 heavy (non-hydrogen) atoms. The normalized spacial score (nSPS) is 14.3. The van der Waals surface area contributed by atoms with Crippen molar-refractivity contribution in [1.29, 1.82) is 5.26 Å². The number of halogens is 2. The highest BCUT2D eigenvalue weighted by Crippen LogP contribution is 2.27. The van der Waals surface area contributed by atoms with Crippen molar-refractivity contribution in [2.75, 3.05) is 6.61 Å². The van der Waals surface area contributed by atoms with Crippen LogP contribution in [0.2, 0.25) is 5.02 Å². The highest BCUT2D eigenvalue weighted by Gasteiger charge is 2.26. The fourth-order valence-electron chi connectivity index (χ4n) is 3.51. The molecule has 1 aliphatic carbocycles. The molecule has 6 heteroatoms. The summed E-state index contributed by atoms with van der Waals surface area (Å²) in [4.78, 5) is 14.8. The van der Waals surface area contributed by atoms with Gasteiger partial charge in [-0.2, -0.15) is 5.26 Å². The average Bonchev–Trinajstić information content (AvgIpc) is 2.72. The van der Waals surface area contributed by atoms with Crippen molar-refractivity contribution < 1.29 is 13.9 Å². The summed E-state index contributed by atoms with van der Waals surface area (Å²) in [7, 11) is 0. The van der Waals surface area contributed by atoms with Gasteiger partial charge in [0.05, 0.1) is 16.7 Å². The molecule has 0 aliphatic heterocycles. The van der Waals surface area contributed by atoms with Crippen LogP contribution < -0.4 is 4.74 Å². The molecule has 0 bridgehead atoms. The zero-order valence-corrected chi connectivity index (χ0v) is 16.3. The Hall–Kier alpha value is -2.58. The maximum absolute atomic E-state index is 13.2. The minimum absolute atomic E-state index is 0.128. The van der Waals surface area contributed by atoms with E-state index in [-0.39, 0.29) is 24.4 Å². The summed E-state index contributed by atoms with van der Waals surface area (Å²) >= 11 is 6.13. The second-order valence-corrected chi connectivity index (χ2v) is 7.39. The third kappa shape index (κ3) is 5.24. The van der Waals surface area contributed by atoms with E-state index in [1.165, 1.54) is 24.6 Å². The lowest BCUT2D eigenvalue weighted by Gasteiger charge is -2.34. The lowest BCUT2D eigenvalue weighted by molar-refractivity contribution is -0.137. The molecule has 1 amide bonds. The largest absolute Gasteiger partial charge is 0.482 e. The van der Waals surface area contributed by atoms with Gasteiger partial charge in [0.25, 0.3) is 5.91 Å². The Balaban J connectivity index is 1.70. The van der Waals surface area contributed by atoms with Crippen molar-refractivity contribution in [2.45, 2.75) is 44.7 Å². The van der Waals surface area contributed by atoms with E-state index in [1.807, 2.05) is 11.0 Å². The molecule has 0 atom stereocenters. The van der Waals surface area contributed by atoms with E-state index in [0.717, 1.165) is 31.2 Å². The van der Waals surface area contributed by atoms with Gasteiger partial charge >= 0.3 is 0 Å². The molecule has 1 fully saturated rings. The van der Waals surface area contributed by atoms with Crippen LogP contribution >= 0.6 is 11.6 Å². The van der Waals surface area contributed by atoms with Gasteiger partial charge in [0.1, 0.15) is 11.6 Å². The van der Waals surface area contributed by atoms with Crippen molar-refractivity contribution in [3.8, 4) is 11.8 Å². The molecule has 2 aromatic carbocycles. The van der Waals surface area contributed by atoms with Crippen LogP contribution in [0.15, 0.2) is 42.5 Å². The number of nitriles is 1. The predicted molar refractivity (Wildman–Crippen MR) is 105 cm³/mol. The van der Waals surface area contributed by atoms with Crippen LogP contribution in [0, 0.1) is 17.1 Å². The van der Waals surface area contributed by atoms with E-state index in [2.05, 4.69) is 0 Å². The van der Waals surface area contributed by atoms with Gasteiger partial charge in [-0.25, -0.2) is 4.39 Å². The van der Waals surface area contributed by atoms with Crippen LogP contribution in [0.5, 0.6) is 5.75 Å². The first kappa shape index (κ1) is 20.2. The minimum atomic E-state index is -0.293. The molecule has 0 unspecified atom stereocenters. The number of benzene rings is 2. The van der Waals surface area contributed by atoms with Gasteiger partial charge in [-0.05, 0) is 48.7 Å². The first-order chi connectivity index (χ1) is 13.6. The fourth-order valence-corrected chi connectivity index (χ4v) is 3.75. The summed E-state index contributed by atoms with van der Waals surface area (Å²) in [5.41, 5.74) is 1.32. The summed E-state index contributed by atoms with van der Waals surface area (Å²) in [5.74, 6) is -0.0471. The molecule has 2 aromatic rings. The lowest BCUT2D eigenvalue weighted by atomic mass is 9.93. The smallest absolute Gasteiger partial charge is 0.261 e. The molecule has 0 saturated heterocycles. The van der Waals surface area contributed by atoms with E-state index in [0.29, 0.717) is 22.9 Å². The predicted octanol–water partition coefficient (Wildman–Crippen LogP) is 5.09. The third-order valence-corrected chi connectivity index (χ3v) is 5.31. The van der Waals surface area contributed by atoms with Gasteiger partial charge in [0, 0.05) is 12.6 Å². The van der Waals surface area contributed by atoms with Crippen molar-refractivity contribution in [1.82, 2.24) is 4.90 Å².